The second-order valence-electron chi connectivity index (χ2n) is 3.28. The van der Waals surface area contributed by atoms with Crippen LogP contribution in [0.5, 0.6) is 5.75 Å². The van der Waals surface area contributed by atoms with Crippen molar-refractivity contribution in [1.82, 2.24) is 0 Å². The summed E-state index contributed by atoms with van der Waals surface area (Å²) in [5.41, 5.74) is -0.458. The van der Waals surface area contributed by atoms with E-state index in [2.05, 4.69) is 0 Å². The van der Waals surface area contributed by atoms with Crippen LogP contribution in [0.2, 0.25) is 0 Å². The Morgan fingerprint density at radius 1 is 1.40 bits per heavy atom. The van der Waals surface area contributed by atoms with Gasteiger partial charge < -0.3 is 9.52 Å². The number of Topliss-reactive ketones (excluding diaryl/α,β-unsaturated/α-hetero) is 1. The Morgan fingerprint density at radius 3 is 2.47 bits per heavy atom. The predicted molar refractivity (Wildman–Crippen MR) is 55.4 cm³/mol. The SMILES string of the molecule is CCC(=O)c1c(O)c(CC)c(C)oc1=O. The summed E-state index contributed by atoms with van der Waals surface area (Å²) in [4.78, 5) is 22.8. The minimum Gasteiger partial charge on any atom is -0.506 e. The van der Waals surface area contributed by atoms with E-state index in [0.717, 1.165) is 0 Å². The van der Waals surface area contributed by atoms with Crippen molar-refractivity contribution < 1.29 is 14.3 Å². The molecule has 1 aromatic heterocycles. The van der Waals surface area contributed by atoms with Gasteiger partial charge in [-0.25, -0.2) is 4.79 Å². The van der Waals surface area contributed by atoms with E-state index >= 15 is 0 Å². The van der Waals surface area contributed by atoms with Crippen LogP contribution in [0, 0.1) is 6.92 Å². The van der Waals surface area contributed by atoms with Crippen molar-refractivity contribution in [3.05, 3.63) is 27.3 Å². The molecule has 0 spiro atoms. The molecule has 0 aliphatic carbocycles. The molecule has 0 aliphatic rings. The maximum absolute atomic E-state index is 11.4. The molecule has 0 saturated heterocycles. The van der Waals surface area contributed by atoms with Crippen molar-refractivity contribution in [3.8, 4) is 5.75 Å². The molecule has 1 aromatic rings. The Hall–Kier alpha value is -1.58. The first kappa shape index (κ1) is 11.5. The lowest BCUT2D eigenvalue weighted by Crippen LogP contribution is -2.15. The smallest absolute Gasteiger partial charge is 0.350 e. The zero-order valence-electron chi connectivity index (χ0n) is 9.09. The summed E-state index contributed by atoms with van der Waals surface area (Å²) in [7, 11) is 0. The predicted octanol–water partition coefficient (Wildman–Crippen LogP) is 1.81. The van der Waals surface area contributed by atoms with Crippen molar-refractivity contribution in [1.29, 1.82) is 0 Å². The molecule has 0 radical (unpaired) electrons. The number of hydrogen-bond acceptors (Lipinski definition) is 4. The van der Waals surface area contributed by atoms with E-state index in [0.29, 0.717) is 17.7 Å². The minimum atomic E-state index is -0.756. The maximum Gasteiger partial charge on any atom is 0.350 e. The van der Waals surface area contributed by atoms with Gasteiger partial charge in [-0.2, -0.15) is 0 Å². The van der Waals surface area contributed by atoms with E-state index in [9.17, 15) is 14.7 Å². The third kappa shape index (κ3) is 1.93. The van der Waals surface area contributed by atoms with Crippen molar-refractivity contribution in [2.24, 2.45) is 0 Å². The molecule has 0 fully saturated rings. The van der Waals surface area contributed by atoms with Crippen molar-refractivity contribution >= 4 is 5.78 Å². The molecule has 15 heavy (non-hydrogen) atoms. The standard InChI is InChI=1S/C11H14O4/c1-4-7-6(3)15-11(14)9(10(7)13)8(12)5-2/h13H,4-5H2,1-3H3. The Labute approximate surface area is 87.5 Å². The summed E-state index contributed by atoms with van der Waals surface area (Å²) in [5, 5.41) is 9.77. The molecule has 0 unspecified atom stereocenters. The normalized spacial score (nSPS) is 10.3. The van der Waals surface area contributed by atoms with Gasteiger partial charge in [0.25, 0.3) is 0 Å². The summed E-state index contributed by atoms with van der Waals surface area (Å²) in [6.45, 7) is 5.05. The average Bonchev–Trinajstić information content (AvgIpc) is 2.17. The molecular formula is C11H14O4. The van der Waals surface area contributed by atoms with Crippen LogP contribution < -0.4 is 5.63 Å². The fourth-order valence-electron chi connectivity index (χ4n) is 1.51. The number of carbonyl (C=O) groups excluding carboxylic acids is 1. The lowest BCUT2D eigenvalue weighted by atomic mass is 10.0. The number of hydrogen-bond donors (Lipinski definition) is 1. The van der Waals surface area contributed by atoms with E-state index in [1.54, 1.807) is 13.8 Å². The molecule has 1 rings (SSSR count). The Bertz CT molecular complexity index is 443. The van der Waals surface area contributed by atoms with Gasteiger partial charge in [-0.3, -0.25) is 4.79 Å². The molecule has 0 atom stereocenters. The van der Waals surface area contributed by atoms with Gasteiger partial charge in [0.2, 0.25) is 0 Å². The first-order valence-corrected chi connectivity index (χ1v) is 4.91. The van der Waals surface area contributed by atoms with Crippen molar-refractivity contribution in [2.75, 3.05) is 0 Å². The molecule has 1 N–H and O–H groups in total. The average molecular weight is 210 g/mol. The van der Waals surface area contributed by atoms with E-state index in [1.807, 2.05) is 6.92 Å². The van der Waals surface area contributed by atoms with Gasteiger partial charge in [0.1, 0.15) is 17.1 Å². The number of aryl methyl sites for hydroxylation is 1. The molecule has 1 heterocycles. The van der Waals surface area contributed by atoms with Gasteiger partial charge in [0, 0.05) is 12.0 Å². The molecule has 82 valence electrons. The second kappa shape index (κ2) is 4.29. The van der Waals surface area contributed by atoms with Crippen LogP contribution in [-0.2, 0) is 6.42 Å². The number of carbonyl (C=O) groups is 1. The van der Waals surface area contributed by atoms with Gasteiger partial charge in [0.15, 0.2) is 5.78 Å². The Balaban J connectivity index is 3.53. The largest absolute Gasteiger partial charge is 0.506 e. The van der Waals surface area contributed by atoms with Crippen LogP contribution in [0.1, 0.15) is 41.9 Å². The first-order chi connectivity index (χ1) is 7.02. The van der Waals surface area contributed by atoms with Crippen molar-refractivity contribution in [3.63, 3.8) is 0 Å². The lowest BCUT2D eigenvalue weighted by Gasteiger charge is -2.07. The highest BCUT2D eigenvalue weighted by Gasteiger charge is 2.20. The summed E-state index contributed by atoms with van der Waals surface area (Å²) < 4.78 is 4.90. The molecule has 0 amide bonds. The van der Waals surface area contributed by atoms with Crippen LogP contribution in [0.25, 0.3) is 0 Å². The van der Waals surface area contributed by atoms with Crippen LogP contribution in [0.4, 0.5) is 0 Å². The number of ketones is 1. The van der Waals surface area contributed by atoms with Crippen LogP contribution in [-0.4, -0.2) is 10.9 Å². The molecular weight excluding hydrogens is 196 g/mol. The van der Waals surface area contributed by atoms with Crippen molar-refractivity contribution in [2.45, 2.75) is 33.6 Å². The number of aromatic hydroxyl groups is 1. The monoisotopic (exact) mass is 210 g/mol. The number of rotatable bonds is 3. The van der Waals surface area contributed by atoms with E-state index < -0.39 is 11.4 Å². The zero-order valence-corrected chi connectivity index (χ0v) is 9.09. The van der Waals surface area contributed by atoms with Gasteiger partial charge >= 0.3 is 5.63 Å². The summed E-state index contributed by atoms with van der Waals surface area (Å²) in [6.07, 6.45) is 0.690. The fraction of sp³-hybridized carbons (Fsp3) is 0.455. The quantitative estimate of drug-likeness (QED) is 0.772. The summed E-state index contributed by atoms with van der Waals surface area (Å²) in [5.74, 6) is -0.248. The van der Waals surface area contributed by atoms with Gasteiger partial charge in [-0.05, 0) is 13.3 Å². The van der Waals surface area contributed by atoms with Gasteiger partial charge in [0.05, 0.1) is 0 Å². The highest BCUT2D eigenvalue weighted by molar-refractivity contribution is 5.98. The molecule has 0 bridgehead atoms. The lowest BCUT2D eigenvalue weighted by molar-refractivity contribution is 0.0980. The first-order valence-electron chi connectivity index (χ1n) is 4.91. The van der Waals surface area contributed by atoms with Crippen LogP contribution in [0.15, 0.2) is 9.21 Å². The van der Waals surface area contributed by atoms with E-state index in [1.165, 1.54) is 0 Å². The Kier molecular flexibility index (Phi) is 3.29. The summed E-state index contributed by atoms with van der Waals surface area (Å²) >= 11 is 0. The van der Waals surface area contributed by atoms with E-state index in [-0.39, 0.29) is 17.7 Å². The van der Waals surface area contributed by atoms with Gasteiger partial charge in [-0.15, -0.1) is 0 Å². The second-order valence-corrected chi connectivity index (χ2v) is 3.28. The molecule has 4 heteroatoms. The van der Waals surface area contributed by atoms with Crippen LogP contribution >= 0.6 is 0 Å². The third-order valence-corrected chi connectivity index (χ3v) is 2.35. The fourth-order valence-corrected chi connectivity index (χ4v) is 1.51. The van der Waals surface area contributed by atoms with Crippen LogP contribution in [0.3, 0.4) is 0 Å². The van der Waals surface area contributed by atoms with E-state index in [4.69, 9.17) is 4.42 Å². The maximum atomic E-state index is 11.4. The summed E-state index contributed by atoms with van der Waals surface area (Å²) in [6, 6.07) is 0. The topological polar surface area (TPSA) is 67.5 Å². The third-order valence-electron chi connectivity index (χ3n) is 2.35. The van der Waals surface area contributed by atoms with Gasteiger partial charge in [-0.1, -0.05) is 13.8 Å². The molecule has 4 nitrogen and oxygen atoms in total. The molecule has 0 aromatic carbocycles. The minimum absolute atomic E-state index is 0.171. The highest BCUT2D eigenvalue weighted by Crippen LogP contribution is 2.24. The zero-order chi connectivity index (χ0) is 11.6. The molecule has 0 aliphatic heterocycles. The Morgan fingerprint density at radius 2 is 2.00 bits per heavy atom. The molecule has 0 saturated carbocycles. The highest BCUT2D eigenvalue weighted by atomic mass is 16.4.